The molecule has 1 aromatic carbocycles. The number of hydrogen-bond acceptors (Lipinski definition) is 3. The molecule has 0 spiro atoms. The van der Waals surface area contributed by atoms with E-state index in [2.05, 4.69) is 0 Å². The number of hydrogen-bond donors (Lipinski definition) is 1. The Morgan fingerprint density at radius 1 is 1.36 bits per heavy atom. The fourth-order valence-electron chi connectivity index (χ4n) is 1.51. The summed E-state index contributed by atoms with van der Waals surface area (Å²) < 4.78 is 4.90. The molecule has 1 unspecified atom stereocenters. The Hall–Kier alpha value is -1.51. The highest BCUT2D eigenvalue weighted by Crippen LogP contribution is 2.19. The van der Waals surface area contributed by atoms with Crippen LogP contribution < -0.4 is 0 Å². The molecule has 1 N–H and O–H groups in total. The third-order valence-corrected chi connectivity index (χ3v) is 2.38. The van der Waals surface area contributed by atoms with Gasteiger partial charge in [-0.2, -0.15) is 0 Å². The minimum Gasteiger partial charge on any atom is -0.508 e. The minimum absolute atomic E-state index is 0.0966. The molecule has 1 fully saturated rings. The van der Waals surface area contributed by atoms with E-state index in [1.54, 1.807) is 12.1 Å². The fourth-order valence-corrected chi connectivity index (χ4v) is 1.51. The Balaban J connectivity index is 1.80. The highest BCUT2D eigenvalue weighted by atomic mass is 16.6. The first kappa shape index (κ1) is 9.06. The van der Waals surface area contributed by atoms with Crippen LogP contribution >= 0.6 is 0 Å². The Kier molecular flexibility index (Phi) is 2.39. The lowest BCUT2D eigenvalue weighted by Crippen LogP contribution is -2.32. The molecule has 1 heterocycles. The lowest BCUT2D eigenvalue weighted by atomic mass is 10.0. The van der Waals surface area contributed by atoms with Gasteiger partial charge in [-0.25, -0.2) is 0 Å². The normalized spacial score (nSPS) is 20.0. The van der Waals surface area contributed by atoms with E-state index in [9.17, 15) is 4.79 Å². The van der Waals surface area contributed by atoms with E-state index in [0.717, 1.165) is 18.4 Å². The molecule has 0 radical (unpaired) electrons. The third-order valence-electron chi connectivity index (χ3n) is 2.38. The molecule has 1 aromatic rings. The number of aryl methyl sites for hydroxylation is 1. The summed E-state index contributed by atoms with van der Waals surface area (Å²) in [5.74, 6) is 0.185. The van der Waals surface area contributed by atoms with Crippen molar-refractivity contribution >= 4 is 5.97 Å². The predicted octanol–water partition coefficient (Wildman–Crippen LogP) is 1.64. The van der Waals surface area contributed by atoms with Crippen molar-refractivity contribution in [1.82, 2.24) is 0 Å². The number of rotatable bonds is 3. The molecule has 1 aliphatic heterocycles. The van der Waals surface area contributed by atoms with E-state index in [0.29, 0.717) is 6.42 Å². The van der Waals surface area contributed by atoms with Crippen molar-refractivity contribution in [3.05, 3.63) is 29.8 Å². The van der Waals surface area contributed by atoms with Gasteiger partial charge in [-0.15, -0.1) is 0 Å². The zero-order valence-corrected chi connectivity index (χ0v) is 7.77. The van der Waals surface area contributed by atoms with Gasteiger partial charge < -0.3 is 9.84 Å². The number of carbonyl (C=O) groups excluding carboxylic acids is 1. The summed E-state index contributed by atoms with van der Waals surface area (Å²) in [4.78, 5) is 10.5. The molecule has 1 saturated heterocycles. The van der Waals surface area contributed by atoms with Gasteiger partial charge in [0.1, 0.15) is 11.9 Å². The summed E-state index contributed by atoms with van der Waals surface area (Å²) in [7, 11) is 0. The van der Waals surface area contributed by atoms with E-state index in [1.165, 1.54) is 0 Å². The molecular weight excluding hydrogens is 180 g/mol. The molecule has 3 heteroatoms. The van der Waals surface area contributed by atoms with Gasteiger partial charge in [-0.1, -0.05) is 12.1 Å². The first-order valence-electron chi connectivity index (χ1n) is 4.71. The van der Waals surface area contributed by atoms with Crippen LogP contribution in [-0.4, -0.2) is 17.2 Å². The zero-order valence-electron chi connectivity index (χ0n) is 7.77. The average molecular weight is 192 g/mol. The van der Waals surface area contributed by atoms with Crippen LogP contribution in [0.1, 0.15) is 18.4 Å². The number of esters is 1. The lowest BCUT2D eigenvalue weighted by Gasteiger charge is -2.25. The second-order valence-corrected chi connectivity index (χ2v) is 3.52. The molecule has 0 bridgehead atoms. The van der Waals surface area contributed by atoms with Crippen LogP contribution in [0.4, 0.5) is 0 Å². The van der Waals surface area contributed by atoms with Gasteiger partial charge >= 0.3 is 5.97 Å². The van der Waals surface area contributed by atoms with Crippen LogP contribution in [-0.2, 0) is 16.0 Å². The Bertz CT molecular complexity index is 321. The third kappa shape index (κ3) is 2.05. The predicted molar refractivity (Wildman–Crippen MR) is 50.9 cm³/mol. The smallest absolute Gasteiger partial charge is 0.309 e. The van der Waals surface area contributed by atoms with E-state index < -0.39 is 0 Å². The van der Waals surface area contributed by atoms with Gasteiger partial charge in [0.25, 0.3) is 0 Å². The molecule has 2 rings (SSSR count). The van der Waals surface area contributed by atoms with Crippen LogP contribution in [0.2, 0.25) is 0 Å². The number of phenolic OH excluding ortho intramolecular Hbond substituents is 1. The quantitative estimate of drug-likeness (QED) is 0.740. The largest absolute Gasteiger partial charge is 0.508 e. The molecule has 0 saturated carbocycles. The molecule has 74 valence electrons. The summed E-state index contributed by atoms with van der Waals surface area (Å²) in [5, 5.41) is 9.06. The number of cyclic esters (lactones) is 1. The van der Waals surface area contributed by atoms with Gasteiger partial charge in [0.2, 0.25) is 0 Å². The van der Waals surface area contributed by atoms with Crippen LogP contribution in [0.25, 0.3) is 0 Å². The van der Waals surface area contributed by atoms with Crippen LogP contribution in [0.5, 0.6) is 5.75 Å². The SMILES string of the molecule is O=C1CC(CCc2ccc(O)cc2)O1. The maximum Gasteiger partial charge on any atom is 0.309 e. The Morgan fingerprint density at radius 3 is 2.57 bits per heavy atom. The van der Waals surface area contributed by atoms with Crippen LogP contribution in [0.3, 0.4) is 0 Å². The summed E-state index contributed by atoms with van der Waals surface area (Å²) in [6.45, 7) is 0. The van der Waals surface area contributed by atoms with E-state index >= 15 is 0 Å². The maximum absolute atomic E-state index is 10.5. The van der Waals surface area contributed by atoms with Crippen molar-refractivity contribution in [2.24, 2.45) is 0 Å². The average Bonchev–Trinajstić information content (AvgIpc) is 2.13. The molecule has 0 amide bonds. The first-order chi connectivity index (χ1) is 6.74. The molecule has 0 aliphatic carbocycles. The van der Waals surface area contributed by atoms with Crippen molar-refractivity contribution in [3.8, 4) is 5.75 Å². The summed E-state index contributed by atoms with van der Waals surface area (Å²) >= 11 is 0. The van der Waals surface area contributed by atoms with Crippen molar-refractivity contribution in [2.75, 3.05) is 0 Å². The second-order valence-electron chi connectivity index (χ2n) is 3.52. The minimum atomic E-state index is -0.0966. The molecular formula is C11H12O3. The van der Waals surface area contributed by atoms with Crippen molar-refractivity contribution in [1.29, 1.82) is 0 Å². The molecule has 1 aliphatic rings. The van der Waals surface area contributed by atoms with Crippen molar-refractivity contribution < 1.29 is 14.6 Å². The number of aromatic hydroxyl groups is 1. The summed E-state index contributed by atoms with van der Waals surface area (Å²) in [5.41, 5.74) is 1.16. The Morgan fingerprint density at radius 2 is 2.00 bits per heavy atom. The van der Waals surface area contributed by atoms with Gasteiger partial charge in [-0.3, -0.25) is 4.79 Å². The van der Waals surface area contributed by atoms with Crippen LogP contribution in [0.15, 0.2) is 24.3 Å². The lowest BCUT2D eigenvalue weighted by molar-refractivity contribution is -0.169. The van der Waals surface area contributed by atoms with E-state index in [4.69, 9.17) is 9.84 Å². The van der Waals surface area contributed by atoms with E-state index in [1.807, 2.05) is 12.1 Å². The standard InChI is InChI=1S/C11H12O3/c12-9-4-1-8(2-5-9)3-6-10-7-11(13)14-10/h1-2,4-5,10,12H,3,6-7H2. The van der Waals surface area contributed by atoms with Gasteiger partial charge in [0.05, 0.1) is 6.42 Å². The first-order valence-corrected chi connectivity index (χ1v) is 4.71. The van der Waals surface area contributed by atoms with Gasteiger partial charge in [0, 0.05) is 0 Å². The number of benzene rings is 1. The van der Waals surface area contributed by atoms with Crippen molar-refractivity contribution in [3.63, 3.8) is 0 Å². The number of ether oxygens (including phenoxy) is 1. The fraction of sp³-hybridized carbons (Fsp3) is 0.364. The molecule has 14 heavy (non-hydrogen) atoms. The topological polar surface area (TPSA) is 46.5 Å². The molecule has 0 aromatic heterocycles. The van der Waals surface area contributed by atoms with Crippen molar-refractivity contribution in [2.45, 2.75) is 25.4 Å². The summed E-state index contributed by atoms with van der Waals surface area (Å²) in [6.07, 6.45) is 2.42. The highest BCUT2D eigenvalue weighted by molar-refractivity contribution is 5.75. The Labute approximate surface area is 82.3 Å². The van der Waals surface area contributed by atoms with Crippen LogP contribution in [0, 0.1) is 0 Å². The second kappa shape index (κ2) is 3.70. The molecule has 1 atom stereocenters. The maximum atomic E-state index is 10.5. The molecule has 3 nitrogen and oxygen atoms in total. The van der Waals surface area contributed by atoms with E-state index in [-0.39, 0.29) is 17.8 Å². The zero-order chi connectivity index (χ0) is 9.97. The number of carbonyl (C=O) groups is 1. The highest BCUT2D eigenvalue weighted by Gasteiger charge is 2.27. The number of phenols is 1. The van der Waals surface area contributed by atoms with Gasteiger partial charge in [0.15, 0.2) is 0 Å². The summed E-state index contributed by atoms with van der Waals surface area (Å²) in [6, 6.07) is 7.11. The van der Waals surface area contributed by atoms with Gasteiger partial charge in [-0.05, 0) is 30.5 Å². The monoisotopic (exact) mass is 192 g/mol.